The van der Waals surface area contributed by atoms with Gasteiger partial charge < -0.3 is 14.9 Å². The van der Waals surface area contributed by atoms with Gasteiger partial charge in [-0.05, 0) is 62.9 Å². The minimum absolute atomic E-state index is 0.00516. The molecule has 182 valence electrons. The fourth-order valence-electron chi connectivity index (χ4n) is 4.88. The van der Waals surface area contributed by atoms with Crippen molar-refractivity contribution in [2.24, 2.45) is 0 Å². The lowest BCUT2D eigenvalue weighted by Crippen LogP contribution is -2.55. The van der Waals surface area contributed by atoms with Gasteiger partial charge in [-0.3, -0.25) is 4.79 Å². The zero-order valence-corrected chi connectivity index (χ0v) is 20.7. The van der Waals surface area contributed by atoms with Crippen molar-refractivity contribution in [3.05, 3.63) is 51.8 Å². The summed E-state index contributed by atoms with van der Waals surface area (Å²) in [4.78, 5) is 16.7. The standard InChI is InChI=1S/C23H24Cl2FN3O4S/c1-23(6-7-23)27-34(32,33)16-9-19(25)21(30)20(10-16)29-14-3-4-15(29)12-28(11-14)22(31)17-5-2-13(26)8-18(17)24/h2,5,8-10,14-15,27,30H,3-4,6-7,11-12H2,1H3. The number of aromatic hydroxyl groups is 1. The first-order valence-corrected chi connectivity index (χ1v) is 13.3. The molecule has 0 aromatic heterocycles. The Labute approximate surface area is 207 Å². The number of phenols is 1. The van der Waals surface area contributed by atoms with E-state index < -0.39 is 21.4 Å². The average Bonchev–Trinajstić information content (AvgIpc) is 3.42. The van der Waals surface area contributed by atoms with E-state index in [1.807, 2.05) is 11.8 Å². The van der Waals surface area contributed by atoms with Gasteiger partial charge in [-0.2, -0.15) is 0 Å². The van der Waals surface area contributed by atoms with Gasteiger partial charge >= 0.3 is 0 Å². The molecular weight excluding hydrogens is 504 g/mol. The maximum atomic E-state index is 13.4. The molecule has 5 rings (SSSR count). The summed E-state index contributed by atoms with van der Waals surface area (Å²) in [5.41, 5.74) is 0.124. The van der Waals surface area contributed by atoms with E-state index >= 15 is 0 Å². The number of nitrogens with one attached hydrogen (secondary N) is 1. The summed E-state index contributed by atoms with van der Waals surface area (Å²) in [6, 6.07) is 6.11. The highest BCUT2D eigenvalue weighted by molar-refractivity contribution is 7.89. The third kappa shape index (κ3) is 4.23. The van der Waals surface area contributed by atoms with Crippen molar-refractivity contribution in [3.63, 3.8) is 0 Å². The molecule has 2 unspecified atom stereocenters. The lowest BCUT2D eigenvalue weighted by atomic mass is 10.1. The van der Waals surface area contributed by atoms with Gasteiger partial charge in [0, 0.05) is 30.7 Å². The number of nitrogens with zero attached hydrogens (tertiary/aromatic N) is 2. The first-order chi connectivity index (χ1) is 16.0. The van der Waals surface area contributed by atoms with E-state index in [2.05, 4.69) is 4.72 Å². The van der Waals surface area contributed by atoms with Crippen molar-refractivity contribution in [1.29, 1.82) is 0 Å². The number of piperazine rings is 1. The van der Waals surface area contributed by atoms with E-state index in [0.29, 0.717) is 18.8 Å². The zero-order valence-electron chi connectivity index (χ0n) is 18.4. The minimum atomic E-state index is -3.82. The van der Waals surface area contributed by atoms with E-state index in [1.165, 1.54) is 24.3 Å². The molecule has 11 heteroatoms. The Morgan fingerprint density at radius 2 is 1.76 bits per heavy atom. The first-order valence-electron chi connectivity index (χ1n) is 11.1. The predicted octanol–water partition coefficient (Wildman–Crippen LogP) is 4.16. The van der Waals surface area contributed by atoms with E-state index in [-0.39, 0.29) is 44.2 Å². The van der Waals surface area contributed by atoms with E-state index in [9.17, 15) is 22.7 Å². The van der Waals surface area contributed by atoms with E-state index in [4.69, 9.17) is 23.2 Å². The smallest absolute Gasteiger partial charge is 0.255 e. The Kier molecular flexibility index (Phi) is 5.75. The van der Waals surface area contributed by atoms with Crippen LogP contribution < -0.4 is 9.62 Å². The monoisotopic (exact) mass is 527 g/mol. The maximum Gasteiger partial charge on any atom is 0.255 e. The number of anilines is 1. The van der Waals surface area contributed by atoms with Crippen molar-refractivity contribution in [3.8, 4) is 5.75 Å². The van der Waals surface area contributed by atoms with Crippen LogP contribution in [-0.2, 0) is 10.0 Å². The lowest BCUT2D eigenvalue weighted by Gasteiger charge is -2.43. The number of hydrogen-bond acceptors (Lipinski definition) is 5. The van der Waals surface area contributed by atoms with Gasteiger partial charge in [-0.15, -0.1) is 0 Å². The van der Waals surface area contributed by atoms with Crippen LogP contribution in [0.3, 0.4) is 0 Å². The van der Waals surface area contributed by atoms with Crippen LogP contribution in [0.1, 0.15) is 43.0 Å². The second-order valence-electron chi connectivity index (χ2n) is 9.57. The summed E-state index contributed by atoms with van der Waals surface area (Å²) in [5.74, 6) is -0.989. The number of carbonyl (C=O) groups is 1. The Bertz CT molecular complexity index is 1270. The predicted molar refractivity (Wildman–Crippen MR) is 128 cm³/mol. The molecule has 7 nitrogen and oxygen atoms in total. The highest BCUT2D eigenvalue weighted by Gasteiger charge is 2.44. The second kappa shape index (κ2) is 8.26. The molecule has 2 bridgehead atoms. The number of fused-ring (bicyclic) bond motifs is 2. The molecule has 3 fully saturated rings. The fourth-order valence-corrected chi connectivity index (χ4v) is 6.92. The molecule has 2 atom stereocenters. The molecule has 1 aliphatic carbocycles. The van der Waals surface area contributed by atoms with Crippen molar-refractivity contribution < 1.29 is 22.7 Å². The van der Waals surface area contributed by atoms with Crippen LogP contribution in [0, 0.1) is 5.82 Å². The Hall–Kier alpha value is -2.07. The molecule has 0 spiro atoms. The lowest BCUT2D eigenvalue weighted by molar-refractivity contribution is 0.0718. The summed E-state index contributed by atoms with van der Waals surface area (Å²) in [6.07, 6.45) is 3.05. The molecule has 2 aromatic carbocycles. The Morgan fingerprint density at radius 1 is 1.12 bits per heavy atom. The number of benzene rings is 2. The van der Waals surface area contributed by atoms with Gasteiger partial charge in [-0.25, -0.2) is 17.5 Å². The van der Waals surface area contributed by atoms with Crippen molar-refractivity contribution in [2.45, 2.75) is 55.1 Å². The van der Waals surface area contributed by atoms with Gasteiger partial charge in [0.05, 0.1) is 26.2 Å². The number of halogens is 3. The largest absolute Gasteiger partial charge is 0.504 e. The fraction of sp³-hybridized carbons (Fsp3) is 0.435. The highest BCUT2D eigenvalue weighted by atomic mass is 35.5. The summed E-state index contributed by atoms with van der Waals surface area (Å²) in [5, 5.41) is 10.7. The number of carbonyl (C=O) groups excluding carboxylic acids is 1. The molecule has 2 aliphatic heterocycles. The third-order valence-electron chi connectivity index (χ3n) is 6.92. The maximum absolute atomic E-state index is 13.4. The van der Waals surface area contributed by atoms with Crippen LogP contribution in [0.5, 0.6) is 5.75 Å². The van der Waals surface area contributed by atoms with Crippen LogP contribution in [0.2, 0.25) is 10.0 Å². The quantitative estimate of drug-likeness (QED) is 0.609. The van der Waals surface area contributed by atoms with Crippen LogP contribution >= 0.6 is 23.2 Å². The number of amides is 1. The average molecular weight is 528 g/mol. The third-order valence-corrected chi connectivity index (χ3v) is 9.14. The highest BCUT2D eigenvalue weighted by Crippen LogP contribution is 2.44. The Balaban J connectivity index is 1.43. The number of rotatable bonds is 5. The molecule has 2 heterocycles. The Morgan fingerprint density at radius 3 is 2.35 bits per heavy atom. The normalized spacial score (nSPS) is 23.3. The molecule has 1 amide bonds. The zero-order chi connectivity index (χ0) is 24.4. The number of phenolic OH excluding ortho intramolecular Hbond substituents is 1. The number of sulfonamides is 1. The van der Waals surface area contributed by atoms with Gasteiger partial charge in [0.25, 0.3) is 5.91 Å². The van der Waals surface area contributed by atoms with Crippen molar-refractivity contribution in [1.82, 2.24) is 9.62 Å². The SMILES string of the molecule is CC1(NS(=O)(=O)c2cc(Cl)c(O)c(N3C4CCC3CN(C(=O)c3ccc(F)cc3Cl)C4)c2)CC1. The van der Waals surface area contributed by atoms with E-state index in [0.717, 1.165) is 31.7 Å². The summed E-state index contributed by atoms with van der Waals surface area (Å²) in [7, 11) is -3.82. The molecule has 2 N–H and O–H groups in total. The van der Waals surface area contributed by atoms with Crippen LogP contribution in [-0.4, -0.2) is 55.0 Å². The number of hydrogen-bond donors (Lipinski definition) is 2. The van der Waals surface area contributed by atoms with Crippen LogP contribution in [0.4, 0.5) is 10.1 Å². The molecule has 3 aliphatic rings. The van der Waals surface area contributed by atoms with Crippen LogP contribution in [0.25, 0.3) is 0 Å². The van der Waals surface area contributed by atoms with Gasteiger partial charge in [-0.1, -0.05) is 23.2 Å². The van der Waals surface area contributed by atoms with E-state index in [1.54, 1.807) is 4.90 Å². The summed E-state index contributed by atoms with van der Waals surface area (Å²) >= 11 is 12.4. The van der Waals surface area contributed by atoms with Gasteiger partial charge in [0.15, 0.2) is 5.75 Å². The molecule has 2 saturated heterocycles. The summed E-state index contributed by atoms with van der Waals surface area (Å²) in [6.45, 7) is 2.55. The molecular formula is C23H24Cl2FN3O4S. The van der Waals surface area contributed by atoms with Gasteiger partial charge in [0.1, 0.15) is 5.82 Å². The van der Waals surface area contributed by atoms with Crippen LogP contribution in [0.15, 0.2) is 35.2 Å². The molecule has 34 heavy (non-hydrogen) atoms. The molecule has 2 aromatic rings. The first kappa shape index (κ1) is 23.7. The van der Waals surface area contributed by atoms with Crippen molar-refractivity contribution in [2.75, 3.05) is 18.0 Å². The molecule has 1 saturated carbocycles. The molecule has 0 radical (unpaired) electrons. The summed E-state index contributed by atoms with van der Waals surface area (Å²) < 4.78 is 42.0. The van der Waals surface area contributed by atoms with Crippen molar-refractivity contribution >= 4 is 44.8 Å². The second-order valence-corrected chi connectivity index (χ2v) is 12.1. The van der Waals surface area contributed by atoms with Gasteiger partial charge in [0.2, 0.25) is 10.0 Å². The number of likely N-dealkylation sites (tertiary alicyclic amines) is 1. The minimum Gasteiger partial charge on any atom is -0.504 e. The topological polar surface area (TPSA) is 89.9 Å².